The van der Waals surface area contributed by atoms with Crippen LogP contribution < -0.4 is 15.1 Å². The molecule has 4 rings (SSSR count). The van der Waals surface area contributed by atoms with Crippen molar-refractivity contribution in [2.75, 3.05) is 48.8 Å². The molecule has 1 aromatic heterocycles. The number of hydrogen-bond acceptors (Lipinski definition) is 6. The van der Waals surface area contributed by atoms with Gasteiger partial charge in [-0.15, -0.1) is 0 Å². The Bertz CT molecular complexity index is 920. The zero-order valence-electron chi connectivity index (χ0n) is 18.5. The summed E-state index contributed by atoms with van der Waals surface area (Å²) in [6.45, 7) is 7.48. The molecule has 2 aliphatic heterocycles. The number of nitrogens with zero attached hydrogens (tertiary/aromatic N) is 5. The third-order valence-electron chi connectivity index (χ3n) is 5.76. The standard InChI is InChI=1S/C23H32N6O/c1-16(2)24-21-19-15-29(22(30)17-8-7-9-18(14-17)27(3)4)13-10-20(19)25-23(26-21)28-11-5-6-12-28/h7-9,14,16H,5-6,10-13,15H2,1-4H3,(H,24,25,26). The van der Waals surface area contributed by atoms with E-state index >= 15 is 0 Å². The number of anilines is 3. The molecule has 1 N–H and O–H groups in total. The molecule has 1 fully saturated rings. The van der Waals surface area contributed by atoms with Crippen molar-refractivity contribution >= 4 is 23.4 Å². The van der Waals surface area contributed by atoms with E-state index in [1.165, 1.54) is 12.8 Å². The van der Waals surface area contributed by atoms with E-state index in [-0.39, 0.29) is 11.9 Å². The van der Waals surface area contributed by atoms with Crippen LogP contribution in [-0.4, -0.2) is 60.5 Å². The Morgan fingerprint density at radius 2 is 1.90 bits per heavy atom. The van der Waals surface area contributed by atoms with Gasteiger partial charge >= 0.3 is 0 Å². The molecule has 0 bridgehead atoms. The molecule has 3 heterocycles. The van der Waals surface area contributed by atoms with Crippen LogP contribution in [-0.2, 0) is 13.0 Å². The Labute approximate surface area is 179 Å². The Morgan fingerprint density at radius 1 is 1.13 bits per heavy atom. The summed E-state index contributed by atoms with van der Waals surface area (Å²) < 4.78 is 0. The van der Waals surface area contributed by atoms with Crippen molar-refractivity contribution in [2.45, 2.75) is 45.7 Å². The van der Waals surface area contributed by atoms with Crippen molar-refractivity contribution in [3.63, 3.8) is 0 Å². The van der Waals surface area contributed by atoms with Gasteiger partial charge in [-0.3, -0.25) is 4.79 Å². The summed E-state index contributed by atoms with van der Waals surface area (Å²) in [5, 5.41) is 3.50. The second-order valence-corrected chi connectivity index (χ2v) is 8.71. The van der Waals surface area contributed by atoms with E-state index in [2.05, 4.69) is 24.1 Å². The van der Waals surface area contributed by atoms with E-state index in [4.69, 9.17) is 9.97 Å². The lowest BCUT2D eigenvalue weighted by Gasteiger charge is -2.31. The SMILES string of the molecule is CC(C)Nc1nc(N2CCCC2)nc2c1CN(C(=O)c1cccc(N(C)C)c1)CC2. The summed E-state index contributed by atoms with van der Waals surface area (Å²) in [6.07, 6.45) is 3.15. The predicted molar refractivity (Wildman–Crippen MR) is 121 cm³/mol. The number of amides is 1. The van der Waals surface area contributed by atoms with Crippen LogP contribution in [0.4, 0.5) is 17.5 Å². The number of rotatable bonds is 5. The highest BCUT2D eigenvalue weighted by Gasteiger charge is 2.28. The molecule has 7 heteroatoms. The Kier molecular flexibility index (Phi) is 5.79. The molecule has 1 aromatic carbocycles. The van der Waals surface area contributed by atoms with Gasteiger partial charge in [-0.25, -0.2) is 4.98 Å². The van der Waals surface area contributed by atoms with E-state index in [9.17, 15) is 4.79 Å². The van der Waals surface area contributed by atoms with Gasteiger partial charge in [0.1, 0.15) is 5.82 Å². The van der Waals surface area contributed by atoms with Crippen molar-refractivity contribution < 1.29 is 4.79 Å². The van der Waals surface area contributed by atoms with Gasteiger partial charge in [0.15, 0.2) is 0 Å². The smallest absolute Gasteiger partial charge is 0.254 e. The molecule has 2 aliphatic rings. The van der Waals surface area contributed by atoms with Gasteiger partial charge in [-0.2, -0.15) is 4.98 Å². The minimum Gasteiger partial charge on any atom is -0.378 e. The number of carbonyl (C=O) groups is 1. The van der Waals surface area contributed by atoms with Crippen LogP contribution in [0.15, 0.2) is 24.3 Å². The Morgan fingerprint density at radius 3 is 2.60 bits per heavy atom. The lowest BCUT2D eigenvalue weighted by atomic mass is 10.0. The highest BCUT2D eigenvalue weighted by atomic mass is 16.2. The van der Waals surface area contributed by atoms with Gasteiger partial charge in [-0.05, 0) is 44.9 Å². The van der Waals surface area contributed by atoms with Crippen LogP contribution in [0.25, 0.3) is 0 Å². The first kappa shape index (κ1) is 20.4. The largest absolute Gasteiger partial charge is 0.378 e. The van der Waals surface area contributed by atoms with Crippen LogP contribution in [0.2, 0.25) is 0 Å². The topological polar surface area (TPSA) is 64.6 Å². The molecule has 30 heavy (non-hydrogen) atoms. The second kappa shape index (κ2) is 8.50. The van der Waals surface area contributed by atoms with E-state index in [1.807, 2.05) is 48.2 Å². The molecular weight excluding hydrogens is 376 g/mol. The quantitative estimate of drug-likeness (QED) is 0.820. The molecule has 160 valence electrons. The number of benzene rings is 1. The molecule has 0 atom stereocenters. The van der Waals surface area contributed by atoms with Crippen molar-refractivity contribution in [2.24, 2.45) is 0 Å². The first-order valence-electron chi connectivity index (χ1n) is 10.9. The van der Waals surface area contributed by atoms with E-state index in [0.29, 0.717) is 13.1 Å². The number of hydrogen-bond donors (Lipinski definition) is 1. The van der Waals surface area contributed by atoms with Crippen LogP contribution in [0.1, 0.15) is 48.3 Å². The maximum Gasteiger partial charge on any atom is 0.254 e. The lowest BCUT2D eigenvalue weighted by Crippen LogP contribution is -2.37. The van der Waals surface area contributed by atoms with Crippen molar-refractivity contribution in [1.29, 1.82) is 0 Å². The number of fused-ring (bicyclic) bond motifs is 1. The average Bonchev–Trinajstić information content (AvgIpc) is 3.27. The molecule has 0 saturated carbocycles. The predicted octanol–water partition coefficient (Wildman–Crippen LogP) is 3.16. The van der Waals surface area contributed by atoms with Gasteiger partial charge in [0.25, 0.3) is 5.91 Å². The summed E-state index contributed by atoms with van der Waals surface area (Å²) in [4.78, 5) is 29.2. The van der Waals surface area contributed by atoms with Gasteiger partial charge in [0.05, 0.1) is 12.2 Å². The zero-order chi connectivity index (χ0) is 21.3. The highest BCUT2D eigenvalue weighted by molar-refractivity contribution is 5.95. The van der Waals surface area contributed by atoms with E-state index in [1.54, 1.807) is 0 Å². The third kappa shape index (κ3) is 4.20. The molecule has 1 saturated heterocycles. The summed E-state index contributed by atoms with van der Waals surface area (Å²) in [6, 6.07) is 8.07. The minimum atomic E-state index is 0.0588. The molecule has 0 radical (unpaired) electrons. The molecule has 7 nitrogen and oxygen atoms in total. The third-order valence-corrected chi connectivity index (χ3v) is 5.76. The first-order chi connectivity index (χ1) is 14.4. The van der Waals surface area contributed by atoms with Crippen LogP contribution >= 0.6 is 0 Å². The maximum atomic E-state index is 13.2. The van der Waals surface area contributed by atoms with Crippen LogP contribution in [0.3, 0.4) is 0 Å². The Balaban J connectivity index is 1.62. The molecule has 0 aliphatic carbocycles. The van der Waals surface area contributed by atoms with Gasteiger partial charge in [-0.1, -0.05) is 6.07 Å². The molecule has 2 aromatic rings. The van der Waals surface area contributed by atoms with Crippen molar-refractivity contribution in [1.82, 2.24) is 14.9 Å². The monoisotopic (exact) mass is 408 g/mol. The van der Waals surface area contributed by atoms with Gasteiger partial charge in [0.2, 0.25) is 5.95 Å². The fourth-order valence-electron chi connectivity index (χ4n) is 4.13. The molecular formula is C23H32N6O. The molecule has 0 unspecified atom stereocenters. The van der Waals surface area contributed by atoms with Gasteiger partial charge < -0.3 is 20.0 Å². The van der Waals surface area contributed by atoms with Crippen molar-refractivity contribution in [3.05, 3.63) is 41.1 Å². The summed E-state index contributed by atoms with van der Waals surface area (Å²) >= 11 is 0. The first-order valence-corrected chi connectivity index (χ1v) is 10.9. The lowest BCUT2D eigenvalue weighted by molar-refractivity contribution is 0.0734. The number of carbonyl (C=O) groups excluding carboxylic acids is 1. The summed E-state index contributed by atoms with van der Waals surface area (Å²) in [5.74, 6) is 1.76. The highest BCUT2D eigenvalue weighted by Crippen LogP contribution is 2.29. The number of aromatic nitrogens is 2. The Hall–Kier alpha value is -2.83. The van der Waals surface area contributed by atoms with Crippen LogP contribution in [0.5, 0.6) is 0 Å². The van der Waals surface area contributed by atoms with Crippen molar-refractivity contribution in [3.8, 4) is 0 Å². The van der Waals surface area contributed by atoms with Gasteiger partial charge in [0, 0.05) is 63.0 Å². The average molecular weight is 409 g/mol. The molecule has 1 amide bonds. The number of nitrogens with one attached hydrogen (secondary N) is 1. The summed E-state index contributed by atoms with van der Waals surface area (Å²) in [7, 11) is 3.97. The summed E-state index contributed by atoms with van der Waals surface area (Å²) in [5.41, 5.74) is 3.87. The second-order valence-electron chi connectivity index (χ2n) is 8.71. The minimum absolute atomic E-state index is 0.0588. The molecule has 0 spiro atoms. The van der Waals surface area contributed by atoms with Crippen LogP contribution in [0, 0.1) is 0 Å². The fourth-order valence-corrected chi connectivity index (χ4v) is 4.13. The fraction of sp³-hybridized carbons (Fsp3) is 0.522. The van der Waals surface area contributed by atoms with E-state index in [0.717, 1.165) is 53.8 Å². The maximum absolute atomic E-state index is 13.2. The normalized spacial score (nSPS) is 16.0. The van der Waals surface area contributed by atoms with E-state index < -0.39 is 0 Å². The zero-order valence-corrected chi connectivity index (χ0v) is 18.5.